The van der Waals surface area contributed by atoms with Crippen molar-refractivity contribution in [3.63, 3.8) is 0 Å². The van der Waals surface area contributed by atoms with Crippen molar-refractivity contribution in [2.45, 2.75) is 44.7 Å². The van der Waals surface area contributed by atoms with E-state index in [2.05, 4.69) is 31.2 Å². The fraction of sp³-hybridized carbons (Fsp3) is 0.350. The number of anilines is 1. The Hall–Kier alpha value is -2.42. The zero-order chi connectivity index (χ0) is 20.7. The Morgan fingerprint density at radius 3 is 2.62 bits per heavy atom. The highest BCUT2D eigenvalue weighted by Gasteiger charge is 2.24. The van der Waals surface area contributed by atoms with Crippen molar-refractivity contribution in [1.29, 1.82) is 0 Å². The van der Waals surface area contributed by atoms with Crippen molar-refractivity contribution in [3.05, 3.63) is 62.5 Å². The highest BCUT2D eigenvalue weighted by atomic mass is 79.9. The highest BCUT2D eigenvalue weighted by Crippen LogP contribution is 2.34. The van der Waals surface area contributed by atoms with Crippen LogP contribution >= 0.6 is 15.9 Å². The summed E-state index contributed by atoms with van der Waals surface area (Å²) in [6.07, 6.45) is 3.05. The number of hydrogen-bond donors (Lipinski definition) is 1. The van der Waals surface area contributed by atoms with Gasteiger partial charge in [-0.05, 0) is 42.1 Å². The quantitative estimate of drug-likeness (QED) is 0.536. The Morgan fingerprint density at radius 2 is 1.97 bits per heavy atom. The minimum Gasteiger partial charge on any atom is -0.363 e. The Bertz CT molecular complexity index is 1130. The predicted octanol–water partition coefficient (Wildman–Crippen LogP) is 5.53. The third kappa shape index (κ3) is 3.52. The molecule has 0 aliphatic heterocycles. The lowest BCUT2D eigenvalue weighted by atomic mass is 9.92. The van der Waals surface area contributed by atoms with Crippen LogP contribution in [0.4, 0.5) is 19.0 Å². The molecule has 2 aromatic heterocycles. The number of benzene rings is 1. The van der Waals surface area contributed by atoms with Crippen LogP contribution in [0.3, 0.4) is 0 Å². The van der Waals surface area contributed by atoms with Crippen LogP contribution in [-0.4, -0.2) is 14.5 Å². The number of pyridine rings is 1. The summed E-state index contributed by atoms with van der Waals surface area (Å²) in [5, 5.41) is 3.68. The summed E-state index contributed by atoms with van der Waals surface area (Å²) in [5.41, 5.74) is -0.237. The molecule has 2 heterocycles. The smallest absolute Gasteiger partial charge is 0.267 e. The third-order valence-corrected chi connectivity index (χ3v) is 6.08. The second-order valence-electron chi connectivity index (χ2n) is 7.14. The van der Waals surface area contributed by atoms with Crippen LogP contribution in [0, 0.1) is 5.82 Å². The van der Waals surface area contributed by atoms with E-state index in [1.54, 1.807) is 17.7 Å². The number of alkyl halides is 2. The molecule has 1 aliphatic carbocycles. The van der Waals surface area contributed by atoms with E-state index in [9.17, 15) is 18.0 Å². The molecule has 3 aromatic rings. The predicted molar refractivity (Wildman–Crippen MR) is 108 cm³/mol. The Balaban J connectivity index is 1.76. The summed E-state index contributed by atoms with van der Waals surface area (Å²) in [5.74, 6) is -0.536. The lowest BCUT2D eigenvalue weighted by molar-refractivity contribution is 0.146. The summed E-state index contributed by atoms with van der Waals surface area (Å²) >= 11 is 3.34. The van der Waals surface area contributed by atoms with E-state index in [-0.39, 0.29) is 17.2 Å². The Kier molecular flexibility index (Phi) is 5.33. The molecule has 1 atom stereocenters. The van der Waals surface area contributed by atoms with Gasteiger partial charge in [-0.25, -0.2) is 23.1 Å². The number of halogens is 4. The van der Waals surface area contributed by atoms with E-state index in [0.717, 1.165) is 25.3 Å². The zero-order valence-electron chi connectivity index (χ0n) is 15.5. The summed E-state index contributed by atoms with van der Waals surface area (Å²) in [4.78, 5) is 21.1. The van der Waals surface area contributed by atoms with Crippen LogP contribution in [0.2, 0.25) is 0 Å². The van der Waals surface area contributed by atoms with E-state index >= 15 is 0 Å². The molecule has 5 nitrogen and oxygen atoms in total. The number of nitrogens with zero attached hydrogens (tertiary/aromatic N) is 3. The van der Waals surface area contributed by atoms with Gasteiger partial charge in [0.05, 0.1) is 22.5 Å². The number of rotatable bonds is 5. The highest BCUT2D eigenvalue weighted by molar-refractivity contribution is 9.10. The first kappa shape index (κ1) is 19.9. The monoisotopic (exact) mass is 466 g/mol. The van der Waals surface area contributed by atoms with Crippen molar-refractivity contribution in [3.8, 4) is 0 Å². The van der Waals surface area contributed by atoms with E-state index < -0.39 is 23.8 Å². The summed E-state index contributed by atoms with van der Waals surface area (Å²) in [6, 6.07) is 3.44. The normalized spacial score (nSPS) is 15.5. The fourth-order valence-corrected chi connectivity index (χ4v) is 4.03. The van der Waals surface area contributed by atoms with Crippen molar-refractivity contribution < 1.29 is 13.2 Å². The molecule has 0 bridgehead atoms. The summed E-state index contributed by atoms with van der Waals surface area (Å²) < 4.78 is 42.6. The van der Waals surface area contributed by atoms with Crippen LogP contribution in [0.15, 0.2) is 40.0 Å². The second-order valence-corrected chi connectivity index (χ2v) is 7.93. The second kappa shape index (κ2) is 7.78. The van der Waals surface area contributed by atoms with E-state index in [1.165, 1.54) is 18.5 Å². The van der Waals surface area contributed by atoms with Gasteiger partial charge in [0.1, 0.15) is 22.4 Å². The molecule has 1 N–H and O–H groups in total. The molecule has 4 rings (SSSR count). The van der Waals surface area contributed by atoms with E-state index in [4.69, 9.17) is 0 Å². The van der Waals surface area contributed by atoms with Crippen LogP contribution in [-0.2, 0) is 0 Å². The number of nitrogens with one attached hydrogen (secondary N) is 1. The minimum absolute atomic E-state index is 0.112. The van der Waals surface area contributed by atoms with Gasteiger partial charge in [-0.3, -0.25) is 4.79 Å². The van der Waals surface area contributed by atoms with Crippen molar-refractivity contribution >= 4 is 32.7 Å². The minimum atomic E-state index is -2.89. The molecular weight excluding hydrogens is 449 g/mol. The Morgan fingerprint density at radius 1 is 1.24 bits per heavy atom. The van der Waals surface area contributed by atoms with Gasteiger partial charge in [0.25, 0.3) is 12.0 Å². The molecule has 1 saturated carbocycles. The molecule has 0 saturated heterocycles. The first-order chi connectivity index (χ1) is 13.9. The van der Waals surface area contributed by atoms with Gasteiger partial charge in [0, 0.05) is 17.8 Å². The topological polar surface area (TPSA) is 59.8 Å². The van der Waals surface area contributed by atoms with E-state index in [1.807, 2.05) is 0 Å². The molecule has 1 fully saturated rings. The maximum Gasteiger partial charge on any atom is 0.267 e. The first-order valence-electron chi connectivity index (χ1n) is 9.26. The number of hydrogen-bond acceptors (Lipinski definition) is 4. The number of fused-ring (bicyclic) bond motifs is 1. The molecule has 1 aromatic carbocycles. The van der Waals surface area contributed by atoms with Crippen LogP contribution in [0.25, 0.3) is 10.9 Å². The molecule has 0 unspecified atom stereocenters. The van der Waals surface area contributed by atoms with Gasteiger partial charge >= 0.3 is 0 Å². The van der Waals surface area contributed by atoms with Gasteiger partial charge in [-0.15, -0.1) is 0 Å². The maximum atomic E-state index is 14.5. The van der Waals surface area contributed by atoms with Gasteiger partial charge in [0.15, 0.2) is 0 Å². The van der Waals surface area contributed by atoms with E-state index in [0.29, 0.717) is 21.2 Å². The average molecular weight is 467 g/mol. The van der Waals surface area contributed by atoms with Crippen LogP contribution in [0.5, 0.6) is 0 Å². The lowest BCUT2D eigenvalue weighted by Crippen LogP contribution is -2.29. The molecule has 0 spiro atoms. The SMILES string of the molecule is C[C@@H](Nc1ncnc2c(Br)c(=O)n(C3CCC3)cc12)c1cccc(C(F)F)c1F. The largest absolute Gasteiger partial charge is 0.363 e. The van der Waals surface area contributed by atoms with Crippen molar-refractivity contribution in [2.75, 3.05) is 5.32 Å². The fourth-order valence-electron chi connectivity index (χ4n) is 3.51. The van der Waals surface area contributed by atoms with Gasteiger partial charge in [-0.1, -0.05) is 18.2 Å². The summed E-state index contributed by atoms with van der Waals surface area (Å²) in [7, 11) is 0. The molecule has 29 heavy (non-hydrogen) atoms. The molecule has 152 valence electrons. The Labute approximate surface area is 173 Å². The summed E-state index contributed by atoms with van der Waals surface area (Å²) in [6.45, 7) is 1.67. The van der Waals surface area contributed by atoms with Gasteiger partial charge in [0.2, 0.25) is 0 Å². The lowest BCUT2D eigenvalue weighted by Gasteiger charge is -2.28. The van der Waals surface area contributed by atoms with Crippen LogP contribution < -0.4 is 10.9 Å². The number of aromatic nitrogens is 3. The average Bonchev–Trinajstić information content (AvgIpc) is 2.65. The van der Waals surface area contributed by atoms with Crippen molar-refractivity contribution in [1.82, 2.24) is 14.5 Å². The van der Waals surface area contributed by atoms with Gasteiger partial charge in [-0.2, -0.15) is 0 Å². The standard InChI is InChI=1S/C20H18BrF3N4O/c1-10(12-6-3-7-13(16(12)22)18(23)24)27-19-14-8-28(11-4-2-5-11)20(29)15(21)17(14)25-9-26-19/h3,6-11,18H,2,4-5H2,1H3,(H,25,26,27)/t10-/m1/s1. The van der Waals surface area contributed by atoms with Crippen molar-refractivity contribution in [2.24, 2.45) is 0 Å². The molecule has 0 radical (unpaired) electrons. The first-order valence-corrected chi connectivity index (χ1v) is 10.1. The molecule has 0 amide bonds. The molecular formula is C20H18BrF3N4O. The van der Waals surface area contributed by atoms with Gasteiger partial charge < -0.3 is 9.88 Å². The molecule has 1 aliphatic rings. The third-order valence-electron chi connectivity index (χ3n) is 5.36. The zero-order valence-corrected chi connectivity index (χ0v) is 17.1. The molecule has 9 heteroatoms. The van der Waals surface area contributed by atoms with Crippen LogP contribution in [0.1, 0.15) is 55.8 Å². The maximum absolute atomic E-state index is 14.5.